The monoisotopic (exact) mass is 535 g/mol. The maximum Gasteiger partial charge on any atom is 0.340 e. The molecular weight excluding hydrogens is 510 g/mol. The summed E-state index contributed by atoms with van der Waals surface area (Å²) in [6, 6.07) is 15.6. The number of aryl methyl sites for hydroxylation is 2. The van der Waals surface area contributed by atoms with Gasteiger partial charge in [-0.05, 0) is 67.5 Å². The molecule has 4 rings (SSSR count). The molecule has 38 heavy (non-hydrogen) atoms. The van der Waals surface area contributed by atoms with Gasteiger partial charge in [-0.1, -0.05) is 41.9 Å². The summed E-state index contributed by atoms with van der Waals surface area (Å²) in [5, 5.41) is 16.2. The molecule has 2 amide bonds. The first-order chi connectivity index (χ1) is 18.2. The lowest BCUT2D eigenvalue weighted by Gasteiger charge is -2.20. The standard InChI is InChI=1S/C28H26ClN3O6/c1-17(19-11-10-18-6-2-3-7-20(18)14-19)30-26(33)16-38-28(35)23-8-4-5-9-25(23)31-27(34)22-13-12-21(32(36)37)15-24(22)29/h4-5,8-15,17H,2-3,6-7,16H2,1H3,(H,30,33)(H,31,34)/t17-/m1/s1. The largest absolute Gasteiger partial charge is 0.452 e. The summed E-state index contributed by atoms with van der Waals surface area (Å²) >= 11 is 6.04. The zero-order chi connectivity index (χ0) is 27.2. The summed E-state index contributed by atoms with van der Waals surface area (Å²) in [4.78, 5) is 48.2. The van der Waals surface area contributed by atoms with Gasteiger partial charge < -0.3 is 15.4 Å². The number of nitrogens with one attached hydrogen (secondary N) is 2. The number of hydrogen-bond acceptors (Lipinski definition) is 6. The number of para-hydroxylation sites is 1. The van der Waals surface area contributed by atoms with Crippen LogP contribution in [0.4, 0.5) is 11.4 Å². The topological polar surface area (TPSA) is 128 Å². The number of halogens is 1. The van der Waals surface area contributed by atoms with Gasteiger partial charge in [-0.2, -0.15) is 0 Å². The second kappa shape index (κ2) is 11.9. The number of anilines is 1. The molecule has 3 aromatic carbocycles. The minimum atomic E-state index is -0.799. The van der Waals surface area contributed by atoms with Crippen molar-refractivity contribution in [2.24, 2.45) is 0 Å². The lowest BCUT2D eigenvalue weighted by atomic mass is 9.89. The average Bonchev–Trinajstić information content (AvgIpc) is 2.91. The third kappa shape index (κ3) is 6.36. The number of esters is 1. The van der Waals surface area contributed by atoms with E-state index >= 15 is 0 Å². The van der Waals surface area contributed by atoms with Crippen molar-refractivity contribution in [3.63, 3.8) is 0 Å². The summed E-state index contributed by atoms with van der Waals surface area (Å²) in [5.41, 5.74) is 3.58. The molecule has 1 atom stereocenters. The molecule has 0 aromatic heterocycles. The van der Waals surface area contributed by atoms with Gasteiger partial charge in [0.25, 0.3) is 17.5 Å². The van der Waals surface area contributed by atoms with Crippen LogP contribution in [-0.4, -0.2) is 29.3 Å². The minimum Gasteiger partial charge on any atom is -0.452 e. The minimum absolute atomic E-state index is 0.00372. The molecule has 0 unspecified atom stereocenters. The van der Waals surface area contributed by atoms with Gasteiger partial charge >= 0.3 is 5.97 Å². The van der Waals surface area contributed by atoms with Crippen molar-refractivity contribution in [2.75, 3.05) is 11.9 Å². The van der Waals surface area contributed by atoms with Crippen LogP contribution in [0.3, 0.4) is 0 Å². The first kappa shape index (κ1) is 26.8. The molecule has 3 aromatic rings. The number of non-ortho nitro benzene ring substituents is 1. The number of nitro groups is 1. The number of carbonyl (C=O) groups excluding carboxylic acids is 3. The van der Waals surface area contributed by atoms with Crippen LogP contribution in [0.5, 0.6) is 0 Å². The highest BCUT2D eigenvalue weighted by atomic mass is 35.5. The zero-order valence-corrected chi connectivity index (χ0v) is 21.4. The van der Waals surface area contributed by atoms with E-state index in [9.17, 15) is 24.5 Å². The Bertz CT molecular complexity index is 1410. The Morgan fingerprint density at radius 3 is 2.47 bits per heavy atom. The molecule has 0 heterocycles. The highest BCUT2D eigenvalue weighted by Crippen LogP contribution is 2.26. The Morgan fingerprint density at radius 2 is 1.74 bits per heavy atom. The third-order valence-electron chi connectivity index (χ3n) is 6.39. The van der Waals surface area contributed by atoms with Crippen molar-refractivity contribution in [1.29, 1.82) is 0 Å². The van der Waals surface area contributed by atoms with Crippen molar-refractivity contribution in [3.8, 4) is 0 Å². The van der Waals surface area contributed by atoms with Gasteiger partial charge in [-0.25, -0.2) is 4.79 Å². The molecular formula is C28H26ClN3O6. The van der Waals surface area contributed by atoms with E-state index in [2.05, 4.69) is 22.8 Å². The Hall–Kier alpha value is -4.24. The molecule has 0 radical (unpaired) electrons. The maximum absolute atomic E-state index is 12.7. The summed E-state index contributed by atoms with van der Waals surface area (Å²) in [6.45, 7) is 1.38. The number of benzene rings is 3. The Morgan fingerprint density at radius 1 is 1.00 bits per heavy atom. The number of amides is 2. The molecule has 1 aliphatic carbocycles. The molecule has 196 valence electrons. The van der Waals surface area contributed by atoms with Crippen LogP contribution in [0.15, 0.2) is 60.7 Å². The van der Waals surface area contributed by atoms with Gasteiger partial charge in [0.05, 0.1) is 32.8 Å². The van der Waals surface area contributed by atoms with Crippen LogP contribution in [0.2, 0.25) is 5.02 Å². The molecule has 0 aliphatic heterocycles. The second-order valence-corrected chi connectivity index (χ2v) is 9.43. The summed E-state index contributed by atoms with van der Waals surface area (Å²) in [7, 11) is 0. The van der Waals surface area contributed by atoms with Gasteiger partial charge in [0.2, 0.25) is 0 Å². The Kier molecular flexibility index (Phi) is 8.38. The van der Waals surface area contributed by atoms with E-state index in [0.29, 0.717) is 0 Å². The van der Waals surface area contributed by atoms with Crippen molar-refractivity contribution < 1.29 is 24.0 Å². The molecule has 0 saturated heterocycles. The van der Waals surface area contributed by atoms with Crippen LogP contribution in [0.25, 0.3) is 0 Å². The highest BCUT2D eigenvalue weighted by Gasteiger charge is 2.20. The predicted octanol–water partition coefficient (Wildman–Crippen LogP) is 5.41. The molecule has 0 spiro atoms. The number of ether oxygens (including phenoxy) is 1. The van der Waals surface area contributed by atoms with Gasteiger partial charge in [0.15, 0.2) is 6.61 Å². The smallest absolute Gasteiger partial charge is 0.340 e. The van der Waals surface area contributed by atoms with Crippen LogP contribution in [-0.2, 0) is 22.4 Å². The van der Waals surface area contributed by atoms with E-state index in [-0.39, 0.29) is 33.6 Å². The van der Waals surface area contributed by atoms with Crippen molar-refractivity contribution in [2.45, 2.75) is 38.6 Å². The van der Waals surface area contributed by atoms with E-state index < -0.39 is 29.3 Å². The average molecular weight is 536 g/mol. The number of nitrogens with zero attached hydrogens (tertiary/aromatic N) is 1. The van der Waals surface area contributed by atoms with Crippen LogP contribution >= 0.6 is 11.6 Å². The quantitative estimate of drug-likeness (QED) is 0.225. The summed E-state index contributed by atoms with van der Waals surface area (Å²) in [6.07, 6.45) is 4.47. The van der Waals surface area contributed by atoms with Crippen molar-refractivity contribution in [3.05, 3.63) is 104 Å². The first-order valence-electron chi connectivity index (χ1n) is 12.2. The number of nitro benzene ring substituents is 1. The molecule has 0 saturated carbocycles. The Labute approximate surface area is 224 Å². The van der Waals surface area contributed by atoms with Crippen molar-refractivity contribution in [1.82, 2.24) is 5.32 Å². The molecule has 9 nitrogen and oxygen atoms in total. The molecule has 2 N–H and O–H groups in total. The van der Waals surface area contributed by atoms with Gasteiger partial charge in [-0.3, -0.25) is 19.7 Å². The summed E-state index contributed by atoms with van der Waals surface area (Å²) in [5.74, 6) is -1.92. The lowest BCUT2D eigenvalue weighted by molar-refractivity contribution is -0.384. The SMILES string of the molecule is C[C@@H](NC(=O)COC(=O)c1ccccc1NC(=O)c1ccc([N+](=O)[O-])cc1Cl)c1ccc2c(c1)CCCC2. The van der Waals surface area contributed by atoms with E-state index in [1.807, 2.05) is 13.0 Å². The highest BCUT2D eigenvalue weighted by molar-refractivity contribution is 6.34. The molecule has 0 bridgehead atoms. The fourth-order valence-corrected chi connectivity index (χ4v) is 4.62. The number of rotatable bonds is 8. The fourth-order valence-electron chi connectivity index (χ4n) is 4.36. The second-order valence-electron chi connectivity index (χ2n) is 9.02. The molecule has 10 heteroatoms. The number of fused-ring (bicyclic) bond motifs is 1. The zero-order valence-electron chi connectivity index (χ0n) is 20.7. The van der Waals surface area contributed by atoms with Gasteiger partial charge in [-0.15, -0.1) is 0 Å². The van der Waals surface area contributed by atoms with Crippen molar-refractivity contribution >= 4 is 40.8 Å². The summed E-state index contributed by atoms with van der Waals surface area (Å²) < 4.78 is 5.21. The van der Waals surface area contributed by atoms with Crippen LogP contribution in [0, 0.1) is 10.1 Å². The predicted molar refractivity (Wildman–Crippen MR) is 142 cm³/mol. The van der Waals surface area contributed by atoms with Gasteiger partial charge in [0.1, 0.15) is 0 Å². The Balaban J connectivity index is 1.36. The molecule has 0 fully saturated rings. The van der Waals surface area contributed by atoms with E-state index in [0.717, 1.165) is 37.0 Å². The lowest BCUT2D eigenvalue weighted by Crippen LogP contribution is -2.31. The maximum atomic E-state index is 12.7. The van der Waals surface area contributed by atoms with E-state index in [4.69, 9.17) is 16.3 Å². The van der Waals surface area contributed by atoms with Crippen LogP contribution in [0.1, 0.15) is 63.2 Å². The van der Waals surface area contributed by atoms with E-state index in [1.54, 1.807) is 12.1 Å². The van der Waals surface area contributed by atoms with Crippen LogP contribution < -0.4 is 10.6 Å². The van der Waals surface area contributed by atoms with Gasteiger partial charge in [0, 0.05) is 12.1 Å². The molecule has 1 aliphatic rings. The fraction of sp³-hybridized carbons (Fsp3) is 0.250. The normalized spacial score (nSPS) is 13.1. The number of hydrogen-bond donors (Lipinski definition) is 2. The van der Waals surface area contributed by atoms with E-state index in [1.165, 1.54) is 35.7 Å². The third-order valence-corrected chi connectivity index (χ3v) is 6.70. The first-order valence-corrected chi connectivity index (χ1v) is 12.5. The number of carbonyl (C=O) groups is 3.